The molecule has 0 spiro atoms. The zero-order valence-electron chi connectivity index (χ0n) is 18.1. The van der Waals surface area contributed by atoms with Gasteiger partial charge in [0.2, 0.25) is 5.82 Å². The molecule has 1 N–H and O–H groups in total. The summed E-state index contributed by atoms with van der Waals surface area (Å²) in [6.45, 7) is 7.50. The largest absolute Gasteiger partial charge is 0.346 e. The van der Waals surface area contributed by atoms with E-state index in [-0.39, 0.29) is 5.69 Å². The fourth-order valence-corrected chi connectivity index (χ4v) is 3.61. The average molecular weight is 418 g/mol. The smallest absolute Gasteiger partial charge is 0.274 e. The van der Waals surface area contributed by atoms with E-state index in [0.29, 0.717) is 24.8 Å². The molecule has 0 unspecified atom stereocenters. The van der Waals surface area contributed by atoms with Gasteiger partial charge in [0.15, 0.2) is 0 Å². The van der Waals surface area contributed by atoms with Crippen molar-refractivity contribution in [3.63, 3.8) is 0 Å². The minimum atomic E-state index is -0.0379. The summed E-state index contributed by atoms with van der Waals surface area (Å²) in [5.41, 5.74) is 4.02. The van der Waals surface area contributed by atoms with E-state index in [2.05, 4.69) is 63.8 Å². The summed E-state index contributed by atoms with van der Waals surface area (Å²) < 4.78 is 3.39. The average Bonchev–Trinajstić information content (AvgIpc) is 3.42. The first-order valence-electron chi connectivity index (χ1n) is 10.7. The standard InChI is InChI=1S/C23H27N7O/c1-4-21-26-30(14-13-16(2)3)23(31)29(21)15-17-9-11-18(12-10-17)19-7-5-6-8-20(19)22-24-27-28-25-22/h5-12,16H,4,13-15H2,1-3H3,(H,24,25,27,28). The van der Waals surface area contributed by atoms with Crippen LogP contribution < -0.4 is 5.69 Å². The second-order valence-corrected chi connectivity index (χ2v) is 8.02. The summed E-state index contributed by atoms with van der Waals surface area (Å²) >= 11 is 0. The lowest BCUT2D eigenvalue weighted by atomic mass is 9.98. The SMILES string of the molecule is CCc1nn(CCC(C)C)c(=O)n1Cc1ccc(-c2ccccc2-c2nn[nH]n2)cc1. The van der Waals surface area contributed by atoms with Crippen LogP contribution in [0, 0.1) is 5.92 Å². The fraction of sp³-hybridized carbons (Fsp3) is 0.348. The molecule has 0 radical (unpaired) electrons. The molecule has 8 heteroatoms. The minimum Gasteiger partial charge on any atom is -0.274 e. The van der Waals surface area contributed by atoms with E-state index in [9.17, 15) is 4.79 Å². The lowest BCUT2D eigenvalue weighted by molar-refractivity contribution is 0.473. The Balaban J connectivity index is 1.59. The number of aryl methyl sites for hydroxylation is 2. The summed E-state index contributed by atoms with van der Waals surface area (Å²) in [7, 11) is 0. The molecule has 160 valence electrons. The van der Waals surface area contributed by atoms with Crippen LogP contribution in [0.1, 0.15) is 38.6 Å². The predicted octanol–water partition coefficient (Wildman–Crippen LogP) is 3.55. The van der Waals surface area contributed by atoms with Crippen molar-refractivity contribution in [1.82, 2.24) is 35.0 Å². The Kier molecular flexibility index (Phi) is 6.06. The molecule has 31 heavy (non-hydrogen) atoms. The molecule has 2 aromatic heterocycles. The maximum atomic E-state index is 12.9. The van der Waals surface area contributed by atoms with Crippen LogP contribution in [0.4, 0.5) is 0 Å². The third-order valence-corrected chi connectivity index (χ3v) is 5.35. The lowest BCUT2D eigenvalue weighted by Gasteiger charge is -2.09. The third-order valence-electron chi connectivity index (χ3n) is 5.35. The molecular formula is C23H27N7O. The van der Waals surface area contributed by atoms with Crippen molar-refractivity contribution in [2.24, 2.45) is 5.92 Å². The Labute approximate surface area is 180 Å². The first-order chi connectivity index (χ1) is 15.1. The van der Waals surface area contributed by atoms with Crippen molar-refractivity contribution >= 4 is 0 Å². The van der Waals surface area contributed by atoms with E-state index in [1.165, 1.54) is 0 Å². The van der Waals surface area contributed by atoms with Gasteiger partial charge in [0.25, 0.3) is 0 Å². The number of benzene rings is 2. The molecule has 4 rings (SSSR count). The van der Waals surface area contributed by atoms with Crippen molar-refractivity contribution in [2.75, 3.05) is 0 Å². The van der Waals surface area contributed by atoms with Crippen molar-refractivity contribution in [3.8, 4) is 22.5 Å². The van der Waals surface area contributed by atoms with Gasteiger partial charge < -0.3 is 0 Å². The first-order valence-corrected chi connectivity index (χ1v) is 10.7. The highest BCUT2D eigenvalue weighted by Crippen LogP contribution is 2.29. The molecule has 0 bridgehead atoms. The lowest BCUT2D eigenvalue weighted by Crippen LogP contribution is -2.26. The first kappa shape index (κ1) is 20.7. The molecule has 0 aliphatic rings. The monoisotopic (exact) mass is 417 g/mol. The third kappa shape index (κ3) is 4.47. The van der Waals surface area contributed by atoms with Gasteiger partial charge in [-0.1, -0.05) is 69.3 Å². The molecule has 0 saturated carbocycles. The van der Waals surface area contributed by atoms with Gasteiger partial charge in [-0.2, -0.15) is 10.3 Å². The van der Waals surface area contributed by atoms with E-state index in [1.807, 2.05) is 31.2 Å². The number of nitrogens with one attached hydrogen (secondary N) is 1. The highest BCUT2D eigenvalue weighted by Gasteiger charge is 2.14. The number of H-pyrrole nitrogens is 1. The fourth-order valence-electron chi connectivity index (χ4n) is 3.61. The molecule has 0 aliphatic heterocycles. The molecular weight excluding hydrogens is 390 g/mol. The van der Waals surface area contributed by atoms with Gasteiger partial charge in [-0.05, 0) is 34.2 Å². The van der Waals surface area contributed by atoms with Crippen LogP contribution in [0.3, 0.4) is 0 Å². The van der Waals surface area contributed by atoms with E-state index in [0.717, 1.165) is 40.9 Å². The predicted molar refractivity (Wildman–Crippen MR) is 119 cm³/mol. The Morgan fingerprint density at radius 2 is 1.77 bits per heavy atom. The van der Waals surface area contributed by atoms with Gasteiger partial charge in [-0.15, -0.1) is 10.2 Å². The number of nitrogens with zero attached hydrogens (tertiary/aromatic N) is 6. The van der Waals surface area contributed by atoms with E-state index in [4.69, 9.17) is 0 Å². The number of hydrogen-bond acceptors (Lipinski definition) is 5. The molecule has 0 fully saturated rings. The van der Waals surface area contributed by atoms with Crippen LogP contribution in [0.5, 0.6) is 0 Å². The molecule has 4 aromatic rings. The molecule has 2 aromatic carbocycles. The number of aromatic amines is 1. The van der Waals surface area contributed by atoms with Crippen LogP contribution >= 0.6 is 0 Å². The van der Waals surface area contributed by atoms with Crippen LogP contribution in [0.25, 0.3) is 22.5 Å². The van der Waals surface area contributed by atoms with Crippen molar-refractivity contribution in [1.29, 1.82) is 0 Å². The molecule has 0 saturated heterocycles. The summed E-state index contributed by atoms with van der Waals surface area (Å²) in [4.78, 5) is 12.9. The second-order valence-electron chi connectivity index (χ2n) is 8.02. The maximum absolute atomic E-state index is 12.9. The molecule has 0 amide bonds. The number of tetrazole rings is 1. The minimum absolute atomic E-state index is 0.0379. The van der Waals surface area contributed by atoms with Gasteiger partial charge in [0.05, 0.1) is 6.54 Å². The van der Waals surface area contributed by atoms with Crippen LogP contribution in [-0.4, -0.2) is 35.0 Å². The van der Waals surface area contributed by atoms with E-state index in [1.54, 1.807) is 9.25 Å². The summed E-state index contributed by atoms with van der Waals surface area (Å²) in [6.07, 6.45) is 1.66. The summed E-state index contributed by atoms with van der Waals surface area (Å²) in [5, 5.41) is 18.9. The Hall–Kier alpha value is -3.55. The zero-order valence-corrected chi connectivity index (χ0v) is 18.1. The highest BCUT2D eigenvalue weighted by molar-refractivity contribution is 5.80. The normalized spacial score (nSPS) is 11.4. The van der Waals surface area contributed by atoms with E-state index >= 15 is 0 Å². The second kappa shape index (κ2) is 9.07. The quantitative estimate of drug-likeness (QED) is 0.473. The van der Waals surface area contributed by atoms with Crippen molar-refractivity contribution < 1.29 is 0 Å². The molecule has 0 aliphatic carbocycles. The zero-order chi connectivity index (χ0) is 21.8. The van der Waals surface area contributed by atoms with Crippen molar-refractivity contribution in [2.45, 2.75) is 46.7 Å². The number of rotatable bonds is 8. The summed E-state index contributed by atoms with van der Waals surface area (Å²) in [5.74, 6) is 1.91. The summed E-state index contributed by atoms with van der Waals surface area (Å²) in [6, 6.07) is 16.2. The van der Waals surface area contributed by atoms with Gasteiger partial charge in [0.1, 0.15) is 5.82 Å². The topological polar surface area (TPSA) is 94.3 Å². The van der Waals surface area contributed by atoms with Crippen LogP contribution in [0.2, 0.25) is 0 Å². The van der Waals surface area contributed by atoms with Crippen LogP contribution in [0.15, 0.2) is 53.3 Å². The number of hydrogen-bond donors (Lipinski definition) is 1. The molecule has 0 atom stereocenters. The van der Waals surface area contributed by atoms with Gasteiger partial charge >= 0.3 is 5.69 Å². The Morgan fingerprint density at radius 1 is 1.03 bits per heavy atom. The Bertz CT molecular complexity index is 1190. The molecule has 2 heterocycles. The van der Waals surface area contributed by atoms with Gasteiger partial charge in [0, 0.05) is 18.5 Å². The van der Waals surface area contributed by atoms with Crippen molar-refractivity contribution in [3.05, 3.63) is 70.4 Å². The van der Waals surface area contributed by atoms with Crippen LogP contribution in [-0.2, 0) is 19.5 Å². The Morgan fingerprint density at radius 3 is 2.42 bits per heavy atom. The van der Waals surface area contributed by atoms with Gasteiger partial charge in [-0.25, -0.2) is 9.48 Å². The van der Waals surface area contributed by atoms with Gasteiger partial charge in [-0.3, -0.25) is 4.57 Å². The highest BCUT2D eigenvalue weighted by atomic mass is 16.2. The van der Waals surface area contributed by atoms with E-state index < -0.39 is 0 Å². The molecule has 8 nitrogen and oxygen atoms in total. The maximum Gasteiger partial charge on any atom is 0.346 e. The number of aromatic nitrogens is 7.